The van der Waals surface area contributed by atoms with Gasteiger partial charge in [-0.2, -0.15) is 13.2 Å². The first-order chi connectivity index (χ1) is 12.4. The van der Waals surface area contributed by atoms with E-state index in [0.29, 0.717) is 11.6 Å². The highest BCUT2D eigenvalue weighted by molar-refractivity contribution is 5.74. The summed E-state index contributed by atoms with van der Waals surface area (Å²) in [5.41, 5.74) is -2.96. The van der Waals surface area contributed by atoms with Gasteiger partial charge in [0.25, 0.3) is 0 Å². The smallest absolute Gasteiger partial charge is 0.419 e. The minimum atomic E-state index is -5.13. The first-order valence-electron chi connectivity index (χ1n) is 7.92. The third-order valence-corrected chi connectivity index (χ3v) is 4.33. The highest BCUT2D eigenvalue weighted by atomic mass is 19.4. The zero-order valence-electron chi connectivity index (χ0n) is 14.7. The quantitative estimate of drug-likeness (QED) is 0.677. The highest BCUT2D eigenvalue weighted by Gasteiger charge is 2.37. The van der Waals surface area contributed by atoms with Crippen LogP contribution in [-0.4, -0.2) is 11.1 Å². The summed E-state index contributed by atoms with van der Waals surface area (Å²) in [4.78, 5) is 10.7. The number of aryl methyl sites for hydroxylation is 2. The summed E-state index contributed by atoms with van der Waals surface area (Å²) in [7, 11) is 0. The van der Waals surface area contributed by atoms with Gasteiger partial charge in [-0.3, -0.25) is 4.79 Å². The Bertz CT molecular complexity index is 916. The fourth-order valence-electron chi connectivity index (χ4n) is 3.11. The number of rotatable bonds is 4. The van der Waals surface area contributed by atoms with E-state index in [1.807, 2.05) is 0 Å². The summed E-state index contributed by atoms with van der Waals surface area (Å²) in [6.45, 7) is 4.22. The molecule has 0 aromatic heterocycles. The Morgan fingerprint density at radius 1 is 0.963 bits per heavy atom. The third kappa shape index (κ3) is 3.94. The largest absolute Gasteiger partial charge is 0.481 e. The Morgan fingerprint density at radius 3 is 2.07 bits per heavy atom. The van der Waals surface area contributed by atoms with Gasteiger partial charge < -0.3 is 5.11 Å². The van der Waals surface area contributed by atoms with E-state index in [9.17, 15) is 31.1 Å². The lowest BCUT2D eigenvalue weighted by Gasteiger charge is -2.19. The van der Waals surface area contributed by atoms with Gasteiger partial charge >= 0.3 is 12.1 Å². The maximum atomic E-state index is 14.9. The topological polar surface area (TPSA) is 37.3 Å². The van der Waals surface area contributed by atoms with E-state index < -0.39 is 59.1 Å². The summed E-state index contributed by atoms with van der Waals surface area (Å²) < 4.78 is 83.2. The van der Waals surface area contributed by atoms with E-state index in [0.717, 1.165) is 0 Å². The summed E-state index contributed by atoms with van der Waals surface area (Å²) in [6, 6.07) is 1.66. The average molecular weight is 390 g/mol. The van der Waals surface area contributed by atoms with Crippen molar-refractivity contribution in [1.29, 1.82) is 0 Å². The van der Waals surface area contributed by atoms with Crippen LogP contribution in [0.15, 0.2) is 12.1 Å². The number of halogens is 6. The van der Waals surface area contributed by atoms with E-state index in [-0.39, 0.29) is 16.7 Å². The molecule has 0 radical (unpaired) electrons. The Hall–Kier alpha value is -2.51. The second kappa shape index (κ2) is 7.25. The lowest BCUT2D eigenvalue weighted by atomic mass is 9.89. The summed E-state index contributed by atoms with van der Waals surface area (Å²) in [5, 5.41) is 8.71. The first kappa shape index (κ1) is 20.8. The molecule has 8 heteroatoms. The summed E-state index contributed by atoms with van der Waals surface area (Å²) in [5.74, 6) is -5.30. The molecule has 0 spiro atoms. The number of carboxylic acid groups (broad SMARTS) is 1. The molecule has 2 rings (SSSR count). The molecular weight excluding hydrogens is 374 g/mol. The summed E-state index contributed by atoms with van der Waals surface area (Å²) in [6.07, 6.45) is -6.65. The van der Waals surface area contributed by atoms with Crippen molar-refractivity contribution in [3.8, 4) is 11.1 Å². The van der Waals surface area contributed by atoms with Gasteiger partial charge in [0.1, 0.15) is 17.5 Å². The van der Waals surface area contributed by atoms with Gasteiger partial charge in [-0.25, -0.2) is 13.2 Å². The van der Waals surface area contributed by atoms with E-state index in [1.54, 1.807) is 0 Å². The zero-order chi connectivity index (χ0) is 20.7. The monoisotopic (exact) mass is 390 g/mol. The Labute approximate surface area is 151 Å². The van der Waals surface area contributed by atoms with Crippen molar-refractivity contribution in [2.24, 2.45) is 0 Å². The lowest BCUT2D eigenvalue weighted by molar-refractivity contribution is -0.140. The molecule has 0 aliphatic rings. The molecule has 0 saturated carbocycles. The van der Waals surface area contributed by atoms with Crippen molar-refractivity contribution in [3.05, 3.63) is 57.4 Å². The van der Waals surface area contributed by atoms with Crippen molar-refractivity contribution >= 4 is 5.97 Å². The van der Waals surface area contributed by atoms with Crippen LogP contribution in [0.1, 0.15) is 34.2 Å². The van der Waals surface area contributed by atoms with Crippen molar-refractivity contribution in [1.82, 2.24) is 0 Å². The molecule has 0 aliphatic carbocycles. The van der Waals surface area contributed by atoms with Gasteiger partial charge in [0.05, 0.1) is 5.56 Å². The predicted molar refractivity (Wildman–Crippen MR) is 86.9 cm³/mol. The number of carbonyl (C=O) groups is 1. The second-order valence-electron chi connectivity index (χ2n) is 6.29. The van der Waals surface area contributed by atoms with E-state index >= 15 is 0 Å². The maximum Gasteiger partial charge on any atom is 0.419 e. The maximum absolute atomic E-state index is 14.9. The number of carboxylic acids is 1. The summed E-state index contributed by atoms with van der Waals surface area (Å²) >= 11 is 0. The van der Waals surface area contributed by atoms with Gasteiger partial charge in [-0.1, -0.05) is 6.07 Å². The number of hydrogen-bond acceptors (Lipinski definition) is 1. The standard InChI is InChI=1S/C19H16F6O2/c1-8-6-9(2)16(20)10(3)15(8)12-7-13(19(23,24)25)18(22)11(17(12)21)4-5-14(26)27/h6-7H,4-5H2,1-3H3,(H,26,27). The van der Waals surface area contributed by atoms with Crippen LogP contribution < -0.4 is 0 Å². The molecule has 0 aliphatic heterocycles. The van der Waals surface area contributed by atoms with Crippen LogP contribution in [0, 0.1) is 38.2 Å². The minimum Gasteiger partial charge on any atom is -0.481 e. The van der Waals surface area contributed by atoms with Crippen molar-refractivity contribution in [2.45, 2.75) is 39.8 Å². The van der Waals surface area contributed by atoms with E-state index in [4.69, 9.17) is 5.11 Å². The third-order valence-electron chi connectivity index (χ3n) is 4.33. The lowest BCUT2D eigenvalue weighted by Crippen LogP contribution is -2.14. The SMILES string of the molecule is Cc1cc(C)c(-c2cc(C(F)(F)F)c(F)c(CCC(=O)O)c2F)c(C)c1F. The Kier molecular flexibility index (Phi) is 5.58. The van der Waals surface area contributed by atoms with E-state index in [2.05, 4.69) is 0 Å². The highest BCUT2D eigenvalue weighted by Crippen LogP contribution is 2.40. The number of alkyl halides is 3. The molecule has 2 aromatic carbocycles. The molecular formula is C19H16F6O2. The molecule has 146 valence electrons. The average Bonchev–Trinajstić information content (AvgIpc) is 2.53. The van der Waals surface area contributed by atoms with Crippen LogP contribution in [0.5, 0.6) is 0 Å². The van der Waals surface area contributed by atoms with E-state index in [1.165, 1.54) is 26.8 Å². The predicted octanol–water partition coefficient (Wildman–Crippen LogP) is 5.73. The molecule has 0 atom stereocenters. The minimum absolute atomic E-state index is 0.0738. The zero-order valence-corrected chi connectivity index (χ0v) is 14.7. The molecule has 0 fully saturated rings. The Morgan fingerprint density at radius 2 is 1.56 bits per heavy atom. The second-order valence-corrected chi connectivity index (χ2v) is 6.29. The molecule has 0 amide bonds. The van der Waals surface area contributed by atoms with Gasteiger partial charge in [-0.15, -0.1) is 0 Å². The van der Waals surface area contributed by atoms with Crippen LogP contribution in [0.2, 0.25) is 0 Å². The number of benzene rings is 2. The van der Waals surface area contributed by atoms with Crippen LogP contribution in [0.4, 0.5) is 26.3 Å². The number of aliphatic carboxylic acids is 1. The van der Waals surface area contributed by atoms with Gasteiger partial charge in [0, 0.05) is 17.5 Å². The van der Waals surface area contributed by atoms with Crippen LogP contribution >= 0.6 is 0 Å². The molecule has 0 unspecified atom stereocenters. The molecule has 0 bridgehead atoms. The van der Waals surface area contributed by atoms with Crippen LogP contribution in [0.25, 0.3) is 11.1 Å². The molecule has 0 heterocycles. The van der Waals surface area contributed by atoms with Crippen molar-refractivity contribution in [3.63, 3.8) is 0 Å². The van der Waals surface area contributed by atoms with Crippen molar-refractivity contribution < 1.29 is 36.2 Å². The molecule has 2 nitrogen and oxygen atoms in total. The van der Waals surface area contributed by atoms with Crippen LogP contribution in [-0.2, 0) is 17.4 Å². The molecule has 0 saturated heterocycles. The fourth-order valence-corrected chi connectivity index (χ4v) is 3.11. The molecule has 27 heavy (non-hydrogen) atoms. The fraction of sp³-hybridized carbons (Fsp3) is 0.316. The normalized spacial score (nSPS) is 11.7. The molecule has 1 N–H and O–H groups in total. The Balaban J connectivity index is 2.87. The van der Waals surface area contributed by atoms with Crippen molar-refractivity contribution in [2.75, 3.05) is 0 Å². The van der Waals surface area contributed by atoms with Gasteiger partial charge in [0.15, 0.2) is 0 Å². The van der Waals surface area contributed by atoms with Crippen LogP contribution in [0.3, 0.4) is 0 Å². The van der Waals surface area contributed by atoms with Gasteiger partial charge in [-0.05, 0) is 55.5 Å². The molecule has 2 aromatic rings. The van der Waals surface area contributed by atoms with Gasteiger partial charge in [0.2, 0.25) is 0 Å². The first-order valence-corrected chi connectivity index (χ1v) is 7.92. The number of hydrogen-bond donors (Lipinski definition) is 1.